The Balaban J connectivity index is 2.41. The fraction of sp³-hybridized carbons (Fsp3) is 0.467. The average molecular weight is 846 g/mol. The van der Waals surface area contributed by atoms with Gasteiger partial charge in [-0.15, -0.1) is 0 Å². The van der Waals surface area contributed by atoms with Crippen molar-refractivity contribution in [3.05, 3.63) is 97.2 Å². The number of amides is 7. The van der Waals surface area contributed by atoms with Crippen LogP contribution in [0.25, 0.3) is 0 Å². The van der Waals surface area contributed by atoms with E-state index in [-0.39, 0.29) is 31.7 Å². The summed E-state index contributed by atoms with van der Waals surface area (Å²) in [5, 5.41) is 10.4. The molecule has 0 aromatic carbocycles. The van der Waals surface area contributed by atoms with Gasteiger partial charge in [0.25, 0.3) is 0 Å². The zero-order valence-electron chi connectivity index (χ0n) is 36.2. The van der Waals surface area contributed by atoms with Crippen molar-refractivity contribution in [1.29, 1.82) is 0 Å². The maximum absolute atomic E-state index is 14.0. The molecular formula is C45H63N7O9. The highest BCUT2D eigenvalue weighted by molar-refractivity contribution is 5.98. The van der Waals surface area contributed by atoms with Gasteiger partial charge in [-0.1, -0.05) is 105 Å². The summed E-state index contributed by atoms with van der Waals surface area (Å²) in [4.78, 5) is 110. The molecule has 332 valence electrons. The highest BCUT2D eigenvalue weighted by Crippen LogP contribution is 2.21. The zero-order valence-corrected chi connectivity index (χ0v) is 36.2. The molecule has 2 aliphatic heterocycles. The number of nitrogens with one attached hydrogen (secondary N) is 4. The number of ether oxygens (including phenoxy) is 1. The number of carbonyl (C=O) groups excluding carboxylic acids is 8. The summed E-state index contributed by atoms with van der Waals surface area (Å²) < 4.78 is 5.68. The number of rotatable bonds is 14. The van der Waals surface area contributed by atoms with Crippen LogP contribution in [0.2, 0.25) is 0 Å². The summed E-state index contributed by atoms with van der Waals surface area (Å²) in [6, 6.07) is -7.36. The molecule has 7 atom stereocenters. The lowest BCUT2D eigenvalue weighted by Crippen LogP contribution is -2.59. The van der Waals surface area contributed by atoms with E-state index in [0.717, 1.165) is 4.90 Å². The van der Waals surface area contributed by atoms with Gasteiger partial charge in [-0.3, -0.25) is 33.6 Å². The summed E-state index contributed by atoms with van der Waals surface area (Å²) in [7, 11) is 1.32. The molecule has 7 amide bonds. The number of nitrogens with zero attached hydrogens (tertiary/aromatic N) is 2. The molecule has 2 aliphatic rings. The highest BCUT2D eigenvalue weighted by atomic mass is 16.5. The predicted octanol–water partition coefficient (Wildman–Crippen LogP) is 2.51. The Kier molecular flexibility index (Phi) is 22.3. The first-order chi connectivity index (χ1) is 29.0. The molecule has 0 unspecified atom stereocenters. The van der Waals surface area contributed by atoms with Gasteiger partial charge in [-0.2, -0.15) is 0 Å². The second-order valence-electron chi connectivity index (χ2n) is 15.1. The smallest absolute Gasteiger partial charge is 0.329 e. The maximum atomic E-state index is 14.0. The van der Waals surface area contributed by atoms with Crippen molar-refractivity contribution in [3.8, 4) is 0 Å². The maximum Gasteiger partial charge on any atom is 0.329 e. The zero-order chi connectivity index (χ0) is 45.5. The lowest BCUT2D eigenvalue weighted by Gasteiger charge is -2.33. The van der Waals surface area contributed by atoms with Crippen molar-refractivity contribution < 1.29 is 43.1 Å². The van der Waals surface area contributed by atoms with Gasteiger partial charge in [0.1, 0.15) is 42.4 Å². The molecule has 16 nitrogen and oxygen atoms in total. The molecule has 2 rings (SSSR count). The van der Waals surface area contributed by atoms with E-state index in [1.54, 1.807) is 24.3 Å². The quantitative estimate of drug-likeness (QED) is 0.0983. The molecule has 0 aromatic rings. The Hall–Kier alpha value is -6.32. The van der Waals surface area contributed by atoms with Crippen LogP contribution in [0.3, 0.4) is 0 Å². The van der Waals surface area contributed by atoms with Crippen LogP contribution in [0.5, 0.6) is 0 Å². The molecule has 6 N–H and O–H groups in total. The molecule has 2 saturated heterocycles. The second kappa shape index (κ2) is 26.7. The SMILES string of the molecule is C/C=C/C=C/C=C/C=C/C=C/C=C/C=C/C=C/C(=O)N(C)[C@@H]1C(=O)N[C@H](C)C(=O)N[C@@H](CC(C)C)C(=O)N2CCC[C@H]2C(=O)N[C@@H](C)C(=O)N[C@@H](CCC(N)=O)C(=O)O[C@@H]1C. The molecule has 0 bridgehead atoms. The van der Waals surface area contributed by atoms with E-state index >= 15 is 0 Å². The monoisotopic (exact) mass is 845 g/mol. The summed E-state index contributed by atoms with van der Waals surface area (Å²) in [5.74, 6) is -5.96. The van der Waals surface area contributed by atoms with Gasteiger partial charge in [0, 0.05) is 26.1 Å². The molecule has 0 spiro atoms. The first-order valence-electron chi connectivity index (χ1n) is 20.5. The highest BCUT2D eigenvalue weighted by Gasteiger charge is 2.41. The minimum absolute atomic E-state index is 0.0475. The normalized spacial score (nSPS) is 25.8. The first-order valence-corrected chi connectivity index (χ1v) is 20.5. The van der Waals surface area contributed by atoms with E-state index < -0.39 is 89.7 Å². The standard InChI is InChI=1S/C45H63N7O9/c1-8-9-10-11-12-13-14-15-16-17-18-19-20-21-22-25-38(54)51(7)39-33(6)61-45(60)34(26-27-37(46)53)49-40(55)31(4)47-42(57)36-24-23-28-52(36)44(59)35(29-30(2)3)50-41(56)32(5)48-43(39)58/h8-22,25,30-36,39H,23-24,26-29H2,1-7H3,(H2,46,53)(H,47,57)(H,48,58)(H,49,55)(H,50,56)/b9-8+,11-10+,13-12+,15-14+,17-16+,19-18+,21-20+,25-22+/t31-,32+,33+,34-,35-,36-,39-/m0/s1. The van der Waals surface area contributed by atoms with Gasteiger partial charge in [-0.05, 0) is 59.3 Å². The number of hydrogen-bond acceptors (Lipinski definition) is 9. The van der Waals surface area contributed by atoms with Crippen molar-refractivity contribution in [2.75, 3.05) is 13.6 Å². The summed E-state index contributed by atoms with van der Waals surface area (Å²) >= 11 is 0. The third kappa shape index (κ3) is 17.8. The minimum atomic E-state index is -1.51. The van der Waals surface area contributed by atoms with E-state index in [4.69, 9.17) is 10.5 Å². The van der Waals surface area contributed by atoms with Gasteiger partial charge in [0.05, 0.1) is 0 Å². The van der Waals surface area contributed by atoms with Gasteiger partial charge in [0.2, 0.25) is 41.4 Å². The van der Waals surface area contributed by atoms with Crippen LogP contribution < -0.4 is 27.0 Å². The van der Waals surface area contributed by atoms with E-state index in [2.05, 4.69) is 21.3 Å². The molecule has 2 fully saturated rings. The minimum Gasteiger partial charge on any atom is -0.458 e. The number of esters is 1. The topological polar surface area (TPSA) is 226 Å². The Morgan fingerprint density at radius 1 is 0.738 bits per heavy atom. The van der Waals surface area contributed by atoms with Crippen LogP contribution in [-0.4, -0.2) is 113 Å². The van der Waals surface area contributed by atoms with Crippen molar-refractivity contribution >= 4 is 47.3 Å². The Labute approximate surface area is 359 Å². The number of likely N-dealkylation sites (N-methyl/N-ethyl adjacent to an activating group) is 1. The molecule has 0 saturated carbocycles. The molecular weight excluding hydrogens is 783 g/mol. The Bertz CT molecular complexity index is 1810. The number of hydrogen-bond donors (Lipinski definition) is 5. The van der Waals surface area contributed by atoms with Crippen LogP contribution in [0.4, 0.5) is 0 Å². The van der Waals surface area contributed by atoms with Crippen LogP contribution in [0.15, 0.2) is 97.2 Å². The van der Waals surface area contributed by atoms with Crippen LogP contribution in [-0.2, 0) is 43.1 Å². The molecule has 0 radical (unpaired) electrons. The lowest BCUT2D eigenvalue weighted by molar-refractivity contribution is -0.159. The summed E-state index contributed by atoms with van der Waals surface area (Å²) in [6.07, 6.45) is 27.5. The predicted molar refractivity (Wildman–Crippen MR) is 233 cm³/mol. The van der Waals surface area contributed by atoms with Crippen molar-refractivity contribution in [3.63, 3.8) is 0 Å². The lowest BCUT2D eigenvalue weighted by atomic mass is 10.0. The third-order valence-corrected chi connectivity index (χ3v) is 9.60. The van der Waals surface area contributed by atoms with Gasteiger partial charge in [0.15, 0.2) is 0 Å². The summed E-state index contributed by atoms with van der Waals surface area (Å²) in [6.45, 7) is 10.1. The third-order valence-electron chi connectivity index (χ3n) is 9.60. The van der Waals surface area contributed by atoms with Crippen LogP contribution >= 0.6 is 0 Å². The van der Waals surface area contributed by atoms with Gasteiger partial charge < -0.3 is 41.5 Å². The van der Waals surface area contributed by atoms with E-state index in [9.17, 15) is 38.4 Å². The fourth-order valence-corrected chi connectivity index (χ4v) is 6.37. The first kappa shape index (κ1) is 50.8. The van der Waals surface area contributed by atoms with Crippen LogP contribution in [0.1, 0.15) is 73.6 Å². The van der Waals surface area contributed by atoms with E-state index in [1.165, 1.54) is 44.9 Å². The number of fused-ring (bicyclic) bond motifs is 1. The Morgan fingerprint density at radius 3 is 1.74 bits per heavy atom. The molecule has 0 aromatic heterocycles. The fourth-order valence-electron chi connectivity index (χ4n) is 6.37. The van der Waals surface area contributed by atoms with E-state index in [1.807, 2.05) is 81.5 Å². The van der Waals surface area contributed by atoms with Gasteiger partial charge in [-0.25, -0.2) is 4.79 Å². The molecule has 61 heavy (non-hydrogen) atoms. The molecule has 2 heterocycles. The van der Waals surface area contributed by atoms with Gasteiger partial charge >= 0.3 is 5.97 Å². The largest absolute Gasteiger partial charge is 0.458 e. The van der Waals surface area contributed by atoms with E-state index in [0.29, 0.717) is 12.8 Å². The van der Waals surface area contributed by atoms with Crippen LogP contribution in [0, 0.1) is 5.92 Å². The number of cyclic esters (lactones) is 1. The molecule has 16 heteroatoms. The number of allylic oxidation sites excluding steroid dienone is 15. The number of carbonyl (C=O) groups is 8. The number of nitrogens with two attached hydrogens (primary N) is 1. The van der Waals surface area contributed by atoms with Crippen molar-refractivity contribution in [1.82, 2.24) is 31.1 Å². The second-order valence-corrected chi connectivity index (χ2v) is 15.1. The Morgan fingerprint density at radius 2 is 1.23 bits per heavy atom. The van der Waals surface area contributed by atoms with Crippen molar-refractivity contribution in [2.45, 2.75) is 116 Å². The number of primary amides is 1. The summed E-state index contributed by atoms with van der Waals surface area (Å²) in [5.41, 5.74) is 5.35. The average Bonchev–Trinajstić information content (AvgIpc) is 3.70. The molecule has 0 aliphatic carbocycles. The van der Waals surface area contributed by atoms with Crippen molar-refractivity contribution in [2.24, 2.45) is 11.7 Å².